The first-order valence-electron chi connectivity index (χ1n) is 6.13. The number of rotatable bonds is 4. The number of halogens is 1. The lowest BCUT2D eigenvalue weighted by Crippen LogP contribution is -2.09. The third-order valence-corrected chi connectivity index (χ3v) is 2.90. The molecule has 0 atom stereocenters. The molecule has 2 aromatic rings. The monoisotopic (exact) mass is 318 g/mol. The molecule has 2 rings (SSSR count). The molecule has 0 aliphatic carbocycles. The number of pyridine rings is 1. The van der Waals surface area contributed by atoms with Crippen molar-refractivity contribution in [1.29, 1.82) is 0 Å². The van der Waals surface area contributed by atoms with E-state index in [1.54, 1.807) is 0 Å². The van der Waals surface area contributed by atoms with Crippen LogP contribution in [0.5, 0.6) is 0 Å². The molecular weight excluding hydrogens is 304 g/mol. The SMILES string of the molecule is CCOC(=NCc1ccccc1)c1cccc(Br)n1. The van der Waals surface area contributed by atoms with Gasteiger partial charge in [-0.15, -0.1) is 0 Å². The maximum absolute atomic E-state index is 5.57. The molecular formula is C15H15BrN2O. The van der Waals surface area contributed by atoms with Crippen molar-refractivity contribution in [2.24, 2.45) is 4.99 Å². The fraction of sp³-hybridized carbons (Fsp3) is 0.200. The minimum atomic E-state index is 0.571. The number of ether oxygens (including phenoxy) is 1. The summed E-state index contributed by atoms with van der Waals surface area (Å²) >= 11 is 3.36. The van der Waals surface area contributed by atoms with Crippen molar-refractivity contribution in [2.45, 2.75) is 13.5 Å². The molecule has 0 radical (unpaired) electrons. The molecule has 0 aliphatic heterocycles. The van der Waals surface area contributed by atoms with Gasteiger partial charge in [0.25, 0.3) is 0 Å². The second-order valence-corrected chi connectivity index (χ2v) is 4.70. The third-order valence-electron chi connectivity index (χ3n) is 2.46. The fourth-order valence-corrected chi connectivity index (χ4v) is 1.95. The molecule has 1 aromatic heterocycles. The zero-order valence-electron chi connectivity index (χ0n) is 10.7. The maximum atomic E-state index is 5.57. The Bertz CT molecular complexity index is 555. The highest BCUT2D eigenvalue weighted by Gasteiger charge is 2.06. The number of hydrogen-bond acceptors (Lipinski definition) is 3. The first kappa shape index (κ1) is 13.7. The zero-order valence-corrected chi connectivity index (χ0v) is 12.3. The van der Waals surface area contributed by atoms with Gasteiger partial charge in [-0.05, 0) is 40.5 Å². The van der Waals surface area contributed by atoms with Crippen LogP contribution in [0.25, 0.3) is 0 Å². The van der Waals surface area contributed by atoms with Gasteiger partial charge in [-0.2, -0.15) is 0 Å². The number of benzene rings is 1. The fourth-order valence-electron chi connectivity index (χ4n) is 1.61. The minimum absolute atomic E-state index is 0.571. The van der Waals surface area contributed by atoms with Crippen molar-refractivity contribution >= 4 is 21.8 Å². The lowest BCUT2D eigenvalue weighted by molar-refractivity contribution is 0.325. The van der Waals surface area contributed by atoms with Crippen LogP contribution in [0, 0.1) is 0 Å². The topological polar surface area (TPSA) is 34.5 Å². The van der Waals surface area contributed by atoms with Crippen molar-refractivity contribution in [3.8, 4) is 0 Å². The molecule has 0 aliphatic rings. The Morgan fingerprint density at radius 3 is 2.63 bits per heavy atom. The van der Waals surface area contributed by atoms with E-state index in [4.69, 9.17) is 4.74 Å². The van der Waals surface area contributed by atoms with Crippen LogP contribution in [-0.2, 0) is 11.3 Å². The van der Waals surface area contributed by atoms with Crippen molar-refractivity contribution in [1.82, 2.24) is 4.98 Å². The van der Waals surface area contributed by atoms with Crippen LogP contribution in [0.4, 0.5) is 0 Å². The predicted octanol–water partition coefficient (Wildman–Crippen LogP) is 3.83. The van der Waals surface area contributed by atoms with Gasteiger partial charge in [-0.1, -0.05) is 36.4 Å². The van der Waals surface area contributed by atoms with Crippen molar-refractivity contribution in [2.75, 3.05) is 6.61 Å². The molecule has 0 fully saturated rings. The molecule has 0 saturated heterocycles. The molecule has 0 N–H and O–H groups in total. The molecule has 0 amide bonds. The van der Waals surface area contributed by atoms with Crippen LogP contribution >= 0.6 is 15.9 Å². The summed E-state index contributed by atoms with van der Waals surface area (Å²) in [4.78, 5) is 8.87. The lowest BCUT2D eigenvalue weighted by atomic mass is 10.2. The van der Waals surface area contributed by atoms with Gasteiger partial charge >= 0.3 is 0 Å². The predicted molar refractivity (Wildman–Crippen MR) is 80.2 cm³/mol. The van der Waals surface area contributed by atoms with Gasteiger partial charge in [0.15, 0.2) is 0 Å². The minimum Gasteiger partial charge on any atom is -0.477 e. The summed E-state index contributed by atoms with van der Waals surface area (Å²) in [5.41, 5.74) is 1.89. The molecule has 0 bridgehead atoms. The van der Waals surface area contributed by atoms with Crippen molar-refractivity contribution < 1.29 is 4.74 Å². The van der Waals surface area contributed by atoms with Crippen molar-refractivity contribution in [3.05, 3.63) is 64.4 Å². The average Bonchev–Trinajstić information content (AvgIpc) is 2.44. The van der Waals surface area contributed by atoms with Gasteiger partial charge < -0.3 is 4.74 Å². The summed E-state index contributed by atoms with van der Waals surface area (Å²) < 4.78 is 6.35. The summed E-state index contributed by atoms with van der Waals surface area (Å²) in [6.45, 7) is 3.10. The summed E-state index contributed by atoms with van der Waals surface area (Å²) in [5.74, 6) is 0.577. The number of aliphatic imine (C=N–C) groups is 1. The van der Waals surface area contributed by atoms with E-state index in [1.165, 1.54) is 0 Å². The van der Waals surface area contributed by atoms with Gasteiger partial charge in [0.05, 0.1) is 13.2 Å². The number of hydrogen-bond donors (Lipinski definition) is 0. The van der Waals surface area contributed by atoms with E-state index in [9.17, 15) is 0 Å². The molecule has 1 heterocycles. The van der Waals surface area contributed by atoms with E-state index in [0.29, 0.717) is 19.0 Å². The normalized spacial score (nSPS) is 11.4. The van der Waals surface area contributed by atoms with Crippen LogP contribution in [0.15, 0.2) is 58.1 Å². The van der Waals surface area contributed by atoms with Crippen LogP contribution in [0.2, 0.25) is 0 Å². The largest absolute Gasteiger partial charge is 0.477 e. The van der Waals surface area contributed by atoms with Gasteiger partial charge in [-0.3, -0.25) is 0 Å². The van der Waals surface area contributed by atoms with Crippen molar-refractivity contribution in [3.63, 3.8) is 0 Å². The standard InChI is InChI=1S/C15H15BrN2O/c1-2-19-15(13-9-6-10-14(16)18-13)17-11-12-7-4-3-5-8-12/h3-10H,2,11H2,1H3. The number of aromatic nitrogens is 1. The second kappa shape index (κ2) is 7.04. The maximum Gasteiger partial charge on any atom is 0.235 e. The second-order valence-electron chi connectivity index (χ2n) is 3.89. The zero-order chi connectivity index (χ0) is 13.5. The molecule has 98 valence electrons. The Morgan fingerprint density at radius 2 is 1.95 bits per heavy atom. The first-order valence-corrected chi connectivity index (χ1v) is 6.93. The van der Waals surface area contributed by atoms with E-state index >= 15 is 0 Å². The lowest BCUT2D eigenvalue weighted by Gasteiger charge is -2.07. The van der Waals surface area contributed by atoms with E-state index in [2.05, 4.69) is 25.9 Å². The molecule has 4 heteroatoms. The highest BCUT2D eigenvalue weighted by Crippen LogP contribution is 2.09. The van der Waals surface area contributed by atoms with E-state index < -0.39 is 0 Å². The summed E-state index contributed by atoms with van der Waals surface area (Å²) in [7, 11) is 0. The Balaban J connectivity index is 2.20. The van der Waals surface area contributed by atoms with Gasteiger partial charge in [-0.25, -0.2) is 9.98 Å². The highest BCUT2D eigenvalue weighted by atomic mass is 79.9. The summed E-state index contributed by atoms with van der Waals surface area (Å²) in [6.07, 6.45) is 0. The highest BCUT2D eigenvalue weighted by molar-refractivity contribution is 9.10. The van der Waals surface area contributed by atoms with Gasteiger partial charge in [0, 0.05) is 0 Å². The van der Waals surface area contributed by atoms with Crippen LogP contribution in [-0.4, -0.2) is 17.5 Å². The van der Waals surface area contributed by atoms with Gasteiger partial charge in [0.2, 0.25) is 5.90 Å². The van der Waals surface area contributed by atoms with Crippen LogP contribution in [0.1, 0.15) is 18.2 Å². The Kier molecular flexibility index (Phi) is 5.10. The number of nitrogens with zero attached hydrogens (tertiary/aromatic N) is 2. The summed E-state index contributed by atoms with van der Waals surface area (Å²) in [6, 6.07) is 15.8. The Hall–Kier alpha value is -1.68. The third kappa shape index (κ3) is 4.17. The first-order chi connectivity index (χ1) is 9.29. The van der Waals surface area contributed by atoms with E-state index in [1.807, 2.05) is 55.5 Å². The average molecular weight is 319 g/mol. The van der Waals surface area contributed by atoms with Gasteiger partial charge in [0.1, 0.15) is 10.3 Å². The molecule has 0 unspecified atom stereocenters. The molecule has 0 spiro atoms. The molecule has 3 nitrogen and oxygen atoms in total. The van der Waals surface area contributed by atoms with E-state index in [0.717, 1.165) is 15.9 Å². The van der Waals surface area contributed by atoms with E-state index in [-0.39, 0.29) is 0 Å². The quantitative estimate of drug-likeness (QED) is 0.488. The Labute approximate surface area is 121 Å². The molecule has 19 heavy (non-hydrogen) atoms. The molecule has 1 aromatic carbocycles. The summed E-state index contributed by atoms with van der Waals surface area (Å²) in [5, 5.41) is 0. The van der Waals surface area contributed by atoms with Crippen LogP contribution in [0.3, 0.4) is 0 Å². The Morgan fingerprint density at radius 1 is 1.16 bits per heavy atom. The smallest absolute Gasteiger partial charge is 0.235 e. The molecule has 0 saturated carbocycles. The van der Waals surface area contributed by atoms with Crippen LogP contribution < -0.4 is 0 Å².